The fourth-order valence-corrected chi connectivity index (χ4v) is 3.10. The molecule has 0 unspecified atom stereocenters. The Morgan fingerprint density at radius 2 is 2.22 bits per heavy atom. The second kappa shape index (κ2) is 7.15. The Hall–Kier alpha value is -1.85. The van der Waals surface area contributed by atoms with Crippen LogP contribution in [0.2, 0.25) is 0 Å². The smallest absolute Gasteiger partial charge is 0.236 e. The fraction of sp³-hybridized carbons (Fsp3) is 0.500. The van der Waals surface area contributed by atoms with Gasteiger partial charge in [0.1, 0.15) is 5.58 Å². The Bertz CT molecular complexity index is 665. The van der Waals surface area contributed by atoms with Crippen molar-refractivity contribution in [2.75, 3.05) is 46.9 Å². The summed E-state index contributed by atoms with van der Waals surface area (Å²) < 4.78 is 11.2. The summed E-state index contributed by atoms with van der Waals surface area (Å²) in [5.41, 5.74) is 2.21. The van der Waals surface area contributed by atoms with Crippen molar-refractivity contribution in [2.45, 2.75) is 6.42 Å². The van der Waals surface area contributed by atoms with Crippen LogP contribution >= 0.6 is 0 Å². The molecule has 1 amide bonds. The Morgan fingerprint density at radius 3 is 3.04 bits per heavy atom. The number of amides is 1. The third-order valence-corrected chi connectivity index (χ3v) is 4.37. The molecule has 2 aromatic rings. The number of hydrogen-bond donors (Lipinski definition) is 0. The van der Waals surface area contributed by atoms with Crippen molar-refractivity contribution in [1.82, 2.24) is 9.80 Å². The molecule has 0 bridgehead atoms. The minimum absolute atomic E-state index is 0.141. The van der Waals surface area contributed by atoms with Crippen LogP contribution in [-0.2, 0) is 16.0 Å². The maximum Gasteiger partial charge on any atom is 0.236 e. The standard InChI is InChI=1S/C18H24N2O3/c1-19(2)18(21)12-20-7-9-22-13-14(11-20)10-15-4-3-5-17-16(15)6-8-23-17/h3-6,8,14H,7,9-13H2,1-2H3/t14-/m1/s1. The van der Waals surface area contributed by atoms with Crippen LogP contribution in [0.4, 0.5) is 0 Å². The molecule has 1 aliphatic heterocycles. The van der Waals surface area contributed by atoms with Crippen molar-refractivity contribution in [3.63, 3.8) is 0 Å². The normalized spacial score (nSPS) is 19.7. The summed E-state index contributed by atoms with van der Waals surface area (Å²) in [6.45, 7) is 3.58. The Labute approximate surface area is 136 Å². The van der Waals surface area contributed by atoms with Crippen LogP contribution in [0.25, 0.3) is 11.0 Å². The molecule has 0 spiro atoms. The minimum Gasteiger partial charge on any atom is -0.464 e. The number of benzene rings is 1. The van der Waals surface area contributed by atoms with E-state index in [1.165, 1.54) is 10.9 Å². The van der Waals surface area contributed by atoms with Crippen molar-refractivity contribution in [1.29, 1.82) is 0 Å². The van der Waals surface area contributed by atoms with E-state index in [0.29, 0.717) is 19.1 Å². The number of likely N-dealkylation sites (N-methyl/N-ethyl adjacent to an activating group) is 1. The van der Waals surface area contributed by atoms with E-state index in [0.717, 1.165) is 31.7 Å². The maximum atomic E-state index is 12.0. The fourth-order valence-electron chi connectivity index (χ4n) is 3.10. The Kier molecular flexibility index (Phi) is 4.98. The molecule has 0 aliphatic carbocycles. The van der Waals surface area contributed by atoms with E-state index in [4.69, 9.17) is 9.15 Å². The van der Waals surface area contributed by atoms with Crippen LogP contribution in [0.3, 0.4) is 0 Å². The van der Waals surface area contributed by atoms with Crippen LogP contribution in [-0.4, -0.2) is 62.7 Å². The molecular formula is C18H24N2O3. The lowest BCUT2D eigenvalue weighted by atomic mass is 9.97. The summed E-state index contributed by atoms with van der Waals surface area (Å²) in [7, 11) is 3.60. The second-order valence-corrected chi connectivity index (χ2v) is 6.42. The van der Waals surface area contributed by atoms with Gasteiger partial charge in [0.25, 0.3) is 0 Å². The predicted molar refractivity (Wildman–Crippen MR) is 89.4 cm³/mol. The number of carbonyl (C=O) groups excluding carboxylic acids is 1. The first-order valence-corrected chi connectivity index (χ1v) is 8.09. The zero-order chi connectivity index (χ0) is 16.2. The molecule has 23 heavy (non-hydrogen) atoms. The lowest BCUT2D eigenvalue weighted by Crippen LogP contribution is -2.39. The highest BCUT2D eigenvalue weighted by atomic mass is 16.5. The van der Waals surface area contributed by atoms with Crippen molar-refractivity contribution >= 4 is 16.9 Å². The van der Waals surface area contributed by atoms with Gasteiger partial charge in [0, 0.05) is 32.6 Å². The number of ether oxygens (including phenoxy) is 1. The van der Waals surface area contributed by atoms with Gasteiger partial charge in [-0.15, -0.1) is 0 Å². The number of fused-ring (bicyclic) bond motifs is 1. The van der Waals surface area contributed by atoms with Crippen molar-refractivity contribution in [2.24, 2.45) is 5.92 Å². The summed E-state index contributed by atoms with van der Waals surface area (Å²) >= 11 is 0. The average molecular weight is 316 g/mol. The topological polar surface area (TPSA) is 45.9 Å². The number of hydrogen-bond acceptors (Lipinski definition) is 4. The molecule has 3 rings (SSSR count). The zero-order valence-corrected chi connectivity index (χ0v) is 13.8. The van der Waals surface area contributed by atoms with E-state index in [1.54, 1.807) is 25.3 Å². The predicted octanol–water partition coefficient (Wildman–Crippen LogP) is 2.01. The molecule has 1 fully saturated rings. The number of rotatable bonds is 4. The van der Waals surface area contributed by atoms with Crippen LogP contribution in [0.15, 0.2) is 34.9 Å². The van der Waals surface area contributed by atoms with Crippen molar-refractivity contribution in [3.8, 4) is 0 Å². The molecule has 5 heteroatoms. The molecular weight excluding hydrogens is 292 g/mol. The second-order valence-electron chi connectivity index (χ2n) is 6.42. The van der Waals surface area contributed by atoms with E-state index < -0.39 is 0 Å². The molecule has 1 saturated heterocycles. The Morgan fingerprint density at radius 1 is 1.35 bits per heavy atom. The van der Waals surface area contributed by atoms with Gasteiger partial charge in [-0.2, -0.15) is 0 Å². The summed E-state index contributed by atoms with van der Waals surface area (Å²) in [6.07, 6.45) is 2.67. The molecule has 2 heterocycles. The zero-order valence-electron chi connectivity index (χ0n) is 13.8. The number of nitrogens with zero attached hydrogens (tertiary/aromatic N) is 2. The van der Waals surface area contributed by atoms with Gasteiger partial charge in [-0.3, -0.25) is 9.69 Å². The van der Waals surface area contributed by atoms with Gasteiger partial charge < -0.3 is 14.1 Å². The third kappa shape index (κ3) is 3.92. The quantitative estimate of drug-likeness (QED) is 0.866. The first-order chi connectivity index (χ1) is 11.1. The maximum absolute atomic E-state index is 12.0. The molecule has 0 radical (unpaired) electrons. The first kappa shape index (κ1) is 16.0. The minimum atomic E-state index is 0.141. The summed E-state index contributed by atoms with van der Waals surface area (Å²) in [6, 6.07) is 8.20. The highest BCUT2D eigenvalue weighted by Gasteiger charge is 2.22. The summed E-state index contributed by atoms with van der Waals surface area (Å²) in [4.78, 5) is 15.8. The van der Waals surface area contributed by atoms with E-state index in [1.807, 2.05) is 18.2 Å². The molecule has 0 N–H and O–H groups in total. The molecule has 1 aromatic carbocycles. The highest BCUT2D eigenvalue weighted by molar-refractivity contribution is 5.80. The third-order valence-electron chi connectivity index (χ3n) is 4.37. The molecule has 1 aliphatic rings. The van der Waals surface area contributed by atoms with Crippen molar-refractivity contribution in [3.05, 3.63) is 36.1 Å². The van der Waals surface area contributed by atoms with Gasteiger partial charge >= 0.3 is 0 Å². The number of carbonyl (C=O) groups is 1. The lowest BCUT2D eigenvalue weighted by molar-refractivity contribution is -0.129. The largest absolute Gasteiger partial charge is 0.464 e. The van der Waals surface area contributed by atoms with Crippen LogP contribution in [0.1, 0.15) is 5.56 Å². The number of furan rings is 1. The molecule has 0 saturated carbocycles. The molecule has 1 aromatic heterocycles. The van der Waals surface area contributed by atoms with E-state index in [-0.39, 0.29) is 5.91 Å². The van der Waals surface area contributed by atoms with Gasteiger partial charge in [0.15, 0.2) is 0 Å². The van der Waals surface area contributed by atoms with Crippen molar-refractivity contribution < 1.29 is 13.9 Å². The lowest BCUT2D eigenvalue weighted by Gasteiger charge is -2.24. The van der Waals surface area contributed by atoms with Gasteiger partial charge in [0.2, 0.25) is 5.91 Å². The van der Waals surface area contributed by atoms with Crippen LogP contribution in [0.5, 0.6) is 0 Å². The summed E-state index contributed by atoms with van der Waals surface area (Å²) in [5.74, 6) is 0.524. The molecule has 5 nitrogen and oxygen atoms in total. The van der Waals surface area contributed by atoms with Gasteiger partial charge in [0.05, 0.1) is 26.0 Å². The van der Waals surface area contributed by atoms with Crippen LogP contribution in [0, 0.1) is 5.92 Å². The highest BCUT2D eigenvalue weighted by Crippen LogP contribution is 2.23. The first-order valence-electron chi connectivity index (χ1n) is 8.09. The Balaban J connectivity index is 1.69. The molecule has 1 atom stereocenters. The van der Waals surface area contributed by atoms with Gasteiger partial charge in [-0.1, -0.05) is 12.1 Å². The van der Waals surface area contributed by atoms with Gasteiger partial charge in [-0.05, 0) is 30.0 Å². The monoisotopic (exact) mass is 316 g/mol. The van der Waals surface area contributed by atoms with E-state index >= 15 is 0 Å². The molecule has 124 valence electrons. The van der Waals surface area contributed by atoms with E-state index in [2.05, 4.69) is 11.0 Å². The average Bonchev–Trinajstić information content (AvgIpc) is 2.90. The SMILES string of the molecule is CN(C)C(=O)CN1CCOC[C@H](Cc2cccc3occc23)C1. The summed E-state index contributed by atoms with van der Waals surface area (Å²) in [5, 5.41) is 1.17. The van der Waals surface area contributed by atoms with E-state index in [9.17, 15) is 4.79 Å². The van der Waals surface area contributed by atoms with Gasteiger partial charge in [-0.25, -0.2) is 0 Å². The van der Waals surface area contributed by atoms with Crippen LogP contribution < -0.4 is 0 Å².